The van der Waals surface area contributed by atoms with Crippen molar-refractivity contribution < 1.29 is 18.7 Å². The molecule has 0 fully saturated rings. The lowest BCUT2D eigenvalue weighted by Gasteiger charge is -2.10. The average molecular weight is 498 g/mol. The SMILES string of the molecule is CCOC(=O)c1nn(-c2ccccc2F)c(=O)c2c(NC(=O)CSCc3ccccc3)scc12. The summed E-state index contributed by atoms with van der Waals surface area (Å²) in [5.41, 5.74) is 0.207. The van der Waals surface area contributed by atoms with Crippen LogP contribution in [-0.2, 0) is 15.3 Å². The van der Waals surface area contributed by atoms with Crippen LogP contribution in [0.25, 0.3) is 16.5 Å². The number of hydrogen-bond donors (Lipinski definition) is 1. The molecular weight excluding hydrogens is 477 g/mol. The van der Waals surface area contributed by atoms with Gasteiger partial charge in [0.15, 0.2) is 5.69 Å². The van der Waals surface area contributed by atoms with Crippen LogP contribution in [0.2, 0.25) is 0 Å². The number of nitrogens with zero attached hydrogens (tertiary/aromatic N) is 2. The Bertz CT molecular complexity index is 1400. The summed E-state index contributed by atoms with van der Waals surface area (Å²) in [5, 5.41) is 9.01. The highest BCUT2D eigenvalue weighted by molar-refractivity contribution is 7.99. The number of anilines is 1. The summed E-state index contributed by atoms with van der Waals surface area (Å²) >= 11 is 2.53. The largest absolute Gasteiger partial charge is 0.461 e. The topological polar surface area (TPSA) is 90.3 Å². The van der Waals surface area contributed by atoms with Gasteiger partial charge in [-0.3, -0.25) is 9.59 Å². The van der Waals surface area contributed by atoms with E-state index in [0.717, 1.165) is 21.6 Å². The Morgan fingerprint density at radius 2 is 1.88 bits per heavy atom. The van der Waals surface area contributed by atoms with Crippen LogP contribution >= 0.6 is 23.1 Å². The van der Waals surface area contributed by atoms with Gasteiger partial charge in [-0.05, 0) is 24.6 Å². The maximum Gasteiger partial charge on any atom is 0.359 e. The molecule has 1 N–H and O–H groups in total. The van der Waals surface area contributed by atoms with E-state index in [1.165, 1.54) is 30.0 Å². The van der Waals surface area contributed by atoms with Crippen molar-refractivity contribution in [2.75, 3.05) is 17.7 Å². The number of esters is 1. The minimum Gasteiger partial charge on any atom is -0.461 e. The molecule has 0 aliphatic heterocycles. The van der Waals surface area contributed by atoms with E-state index in [4.69, 9.17) is 4.74 Å². The van der Waals surface area contributed by atoms with Crippen LogP contribution in [-0.4, -0.2) is 34.0 Å². The third kappa shape index (κ3) is 5.02. The second-order valence-corrected chi connectivity index (χ2v) is 8.98. The van der Waals surface area contributed by atoms with Gasteiger partial charge in [-0.2, -0.15) is 9.78 Å². The fourth-order valence-corrected chi connectivity index (χ4v) is 5.02. The third-order valence-corrected chi connectivity index (χ3v) is 6.70. The van der Waals surface area contributed by atoms with Crippen LogP contribution in [0.5, 0.6) is 0 Å². The summed E-state index contributed by atoms with van der Waals surface area (Å²) in [5.74, 6) is -0.880. The lowest BCUT2D eigenvalue weighted by molar-refractivity contribution is -0.113. The molecule has 0 unspecified atom stereocenters. The van der Waals surface area contributed by atoms with Crippen molar-refractivity contribution in [2.45, 2.75) is 12.7 Å². The summed E-state index contributed by atoms with van der Waals surface area (Å²) in [6, 6.07) is 15.4. The lowest BCUT2D eigenvalue weighted by Crippen LogP contribution is -2.26. The number of rotatable bonds is 8. The molecule has 0 saturated heterocycles. The molecular formula is C24H20FN3O4S2. The van der Waals surface area contributed by atoms with Crippen LogP contribution in [0.15, 0.2) is 64.8 Å². The number of carbonyl (C=O) groups excluding carboxylic acids is 2. The molecule has 2 heterocycles. The summed E-state index contributed by atoms with van der Waals surface area (Å²) in [6.07, 6.45) is 0. The predicted molar refractivity (Wildman–Crippen MR) is 132 cm³/mol. The van der Waals surface area contributed by atoms with Gasteiger partial charge in [0.25, 0.3) is 5.56 Å². The molecule has 0 bridgehead atoms. The highest BCUT2D eigenvalue weighted by atomic mass is 32.2. The minimum atomic E-state index is -0.744. The van der Waals surface area contributed by atoms with Gasteiger partial charge in [0.2, 0.25) is 5.91 Å². The van der Waals surface area contributed by atoms with Crippen LogP contribution in [0.3, 0.4) is 0 Å². The van der Waals surface area contributed by atoms with Gasteiger partial charge < -0.3 is 10.1 Å². The maximum absolute atomic E-state index is 14.5. The van der Waals surface area contributed by atoms with E-state index in [-0.39, 0.29) is 45.4 Å². The Kier molecular flexibility index (Phi) is 7.39. The van der Waals surface area contributed by atoms with Crippen molar-refractivity contribution >= 4 is 50.7 Å². The fraction of sp³-hybridized carbons (Fsp3) is 0.167. The summed E-state index contributed by atoms with van der Waals surface area (Å²) in [6.45, 7) is 1.75. The first-order chi connectivity index (χ1) is 16.5. The molecule has 2 aromatic heterocycles. The highest BCUT2D eigenvalue weighted by Gasteiger charge is 2.24. The maximum atomic E-state index is 14.5. The van der Waals surface area contributed by atoms with Gasteiger partial charge in [-0.25, -0.2) is 9.18 Å². The van der Waals surface area contributed by atoms with E-state index in [1.54, 1.807) is 18.4 Å². The smallest absolute Gasteiger partial charge is 0.359 e. The van der Waals surface area contributed by atoms with Crippen molar-refractivity contribution in [3.05, 3.63) is 87.4 Å². The lowest BCUT2D eigenvalue weighted by atomic mass is 10.2. The zero-order chi connectivity index (χ0) is 24.1. The van der Waals surface area contributed by atoms with Gasteiger partial charge in [-0.1, -0.05) is 42.5 Å². The Labute approximate surface area is 202 Å². The number of halogens is 1. The van der Waals surface area contributed by atoms with E-state index < -0.39 is 17.3 Å². The Balaban J connectivity index is 1.68. The Morgan fingerprint density at radius 3 is 2.62 bits per heavy atom. The number of nitrogens with one attached hydrogen (secondary N) is 1. The normalized spacial score (nSPS) is 10.9. The standard InChI is InChI=1S/C24H20FN3O4S2/c1-2-32-24(31)21-16-13-34-22(26-19(29)14-33-12-15-8-4-3-5-9-15)20(16)23(30)28(27-21)18-11-7-6-10-17(18)25/h3-11,13H,2,12,14H2,1H3,(H,26,29). The van der Waals surface area contributed by atoms with Gasteiger partial charge in [-0.15, -0.1) is 23.1 Å². The molecule has 1 amide bonds. The molecule has 0 saturated carbocycles. The van der Waals surface area contributed by atoms with E-state index in [1.807, 2.05) is 30.3 Å². The molecule has 0 atom stereocenters. The van der Waals surface area contributed by atoms with E-state index in [9.17, 15) is 18.8 Å². The van der Waals surface area contributed by atoms with Crippen LogP contribution in [0, 0.1) is 5.82 Å². The van der Waals surface area contributed by atoms with Crippen molar-refractivity contribution in [3.63, 3.8) is 0 Å². The van der Waals surface area contributed by atoms with Crippen molar-refractivity contribution in [1.82, 2.24) is 9.78 Å². The average Bonchev–Trinajstić information content (AvgIpc) is 3.25. The number of amides is 1. The molecule has 4 aromatic rings. The van der Waals surface area contributed by atoms with Crippen LogP contribution in [0.4, 0.5) is 9.39 Å². The van der Waals surface area contributed by atoms with Crippen molar-refractivity contribution in [2.24, 2.45) is 0 Å². The number of fused-ring (bicyclic) bond motifs is 1. The monoisotopic (exact) mass is 497 g/mol. The first-order valence-electron chi connectivity index (χ1n) is 10.4. The second kappa shape index (κ2) is 10.6. The third-order valence-electron chi connectivity index (χ3n) is 4.80. The fourth-order valence-electron chi connectivity index (χ4n) is 3.28. The molecule has 34 heavy (non-hydrogen) atoms. The van der Waals surface area contributed by atoms with Gasteiger partial charge in [0.05, 0.1) is 17.7 Å². The quantitative estimate of drug-likeness (QED) is 0.357. The van der Waals surface area contributed by atoms with Gasteiger partial charge in [0.1, 0.15) is 16.5 Å². The zero-order valence-corrected chi connectivity index (χ0v) is 19.7. The van der Waals surface area contributed by atoms with Crippen molar-refractivity contribution in [3.8, 4) is 5.69 Å². The number of hydrogen-bond acceptors (Lipinski definition) is 7. The molecule has 4 rings (SSSR count). The molecule has 174 valence electrons. The highest BCUT2D eigenvalue weighted by Crippen LogP contribution is 2.31. The van der Waals surface area contributed by atoms with E-state index >= 15 is 0 Å². The van der Waals surface area contributed by atoms with E-state index in [0.29, 0.717) is 5.75 Å². The predicted octanol–water partition coefficient (Wildman–Crippen LogP) is 4.63. The van der Waals surface area contributed by atoms with Crippen LogP contribution < -0.4 is 10.9 Å². The number of thiophene rings is 1. The Hall–Kier alpha value is -3.50. The van der Waals surface area contributed by atoms with Crippen LogP contribution in [0.1, 0.15) is 23.0 Å². The van der Waals surface area contributed by atoms with Crippen molar-refractivity contribution in [1.29, 1.82) is 0 Å². The number of thioether (sulfide) groups is 1. The van der Waals surface area contributed by atoms with E-state index in [2.05, 4.69) is 10.4 Å². The minimum absolute atomic E-state index is 0.0766. The molecule has 0 aliphatic carbocycles. The summed E-state index contributed by atoms with van der Waals surface area (Å²) in [4.78, 5) is 38.5. The number of ether oxygens (including phenoxy) is 1. The number of benzene rings is 2. The number of para-hydroxylation sites is 1. The first kappa shape index (κ1) is 23.7. The number of carbonyl (C=O) groups is 2. The van der Waals surface area contributed by atoms with Gasteiger partial charge in [0, 0.05) is 16.5 Å². The molecule has 7 nitrogen and oxygen atoms in total. The molecule has 0 radical (unpaired) electrons. The second-order valence-electron chi connectivity index (χ2n) is 7.12. The summed E-state index contributed by atoms with van der Waals surface area (Å²) < 4.78 is 20.4. The first-order valence-corrected chi connectivity index (χ1v) is 12.4. The zero-order valence-electron chi connectivity index (χ0n) is 18.1. The molecule has 0 aliphatic rings. The summed E-state index contributed by atoms with van der Waals surface area (Å²) in [7, 11) is 0. The molecule has 0 spiro atoms. The molecule has 2 aromatic carbocycles. The van der Waals surface area contributed by atoms with Gasteiger partial charge >= 0.3 is 5.97 Å². The Morgan fingerprint density at radius 1 is 1.15 bits per heavy atom. The molecule has 10 heteroatoms. The number of aromatic nitrogens is 2.